The first-order valence-electron chi connectivity index (χ1n) is 9.24. The summed E-state index contributed by atoms with van der Waals surface area (Å²) in [7, 11) is 0. The van der Waals surface area contributed by atoms with Crippen molar-refractivity contribution in [3.63, 3.8) is 0 Å². The highest BCUT2D eigenvalue weighted by Gasteiger charge is 2.29. The summed E-state index contributed by atoms with van der Waals surface area (Å²) in [6.07, 6.45) is -4.36. The first-order chi connectivity index (χ1) is 14.8. The van der Waals surface area contributed by atoms with E-state index in [4.69, 9.17) is 21.0 Å². The lowest BCUT2D eigenvalue weighted by Crippen LogP contribution is -2.20. The first-order valence-corrected chi connectivity index (χ1v) is 9.24. The summed E-state index contributed by atoms with van der Waals surface area (Å²) in [4.78, 5) is 5.24. The molecule has 0 aliphatic carbocycles. The van der Waals surface area contributed by atoms with Crippen LogP contribution in [0.4, 0.5) is 13.2 Å². The van der Waals surface area contributed by atoms with Crippen molar-refractivity contribution >= 4 is 11.5 Å². The molecule has 0 spiro atoms. The van der Waals surface area contributed by atoms with Crippen molar-refractivity contribution in [3.8, 4) is 5.75 Å². The van der Waals surface area contributed by atoms with E-state index >= 15 is 0 Å². The number of oxime groups is 1. The van der Waals surface area contributed by atoms with E-state index in [0.717, 1.165) is 17.7 Å². The summed E-state index contributed by atoms with van der Waals surface area (Å²) in [5.74, 6) is 0.735. The van der Waals surface area contributed by atoms with Crippen LogP contribution < -0.4 is 16.2 Å². The van der Waals surface area contributed by atoms with E-state index in [9.17, 15) is 13.2 Å². The monoisotopic (exact) mass is 436 g/mol. The van der Waals surface area contributed by atoms with Gasteiger partial charge in [-0.2, -0.15) is 18.3 Å². The quantitative estimate of drug-likeness (QED) is 0.255. The van der Waals surface area contributed by atoms with Gasteiger partial charge >= 0.3 is 6.18 Å². The lowest BCUT2D eigenvalue weighted by Gasteiger charge is -2.08. The third-order valence-electron chi connectivity index (χ3n) is 3.84. The molecule has 4 N–H and O–H groups in total. The molecule has 2 aromatic carbocycles. The number of hydrogen-bond donors (Lipinski definition) is 2. The number of hydrogen-bond acceptors (Lipinski definition) is 6. The van der Waals surface area contributed by atoms with Gasteiger partial charge in [-0.05, 0) is 59.7 Å². The van der Waals surface area contributed by atoms with Crippen molar-refractivity contribution in [1.82, 2.24) is 0 Å². The second-order valence-corrected chi connectivity index (χ2v) is 6.29. The van der Waals surface area contributed by atoms with Crippen LogP contribution in [-0.2, 0) is 17.6 Å². The molecular weight excluding hydrogens is 413 g/mol. The molecule has 0 saturated carbocycles. The summed E-state index contributed by atoms with van der Waals surface area (Å²) < 4.78 is 43.2. The van der Waals surface area contributed by atoms with Crippen molar-refractivity contribution in [1.29, 1.82) is 0 Å². The highest BCUT2D eigenvalue weighted by Crippen LogP contribution is 2.29. The fourth-order valence-electron chi connectivity index (χ4n) is 2.22. The van der Waals surface area contributed by atoms with E-state index < -0.39 is 11.7 Å². The topological polar surface area (TPSA) is 120 Å². The molecule has 0 amide bonds. The van der Waals surface area contributed by atoms with Crippen LogP contribution >= 0.6 is 0 Å². The Hall–Kier alpha value is -3.47. The highest BCUT2D eigenvalue weighted by molar-refractivity contribution is 5.98. The zero-order valence-electron chi connectivity index (χ0n) is 16.8. The van der Waals surface area contributed by atoms with E-state index in [1.807, 2.05) is 0 Å². The minimum atomic E-state index is -4.36. The van der Waals surface area contributed by atoms with Crippen LogP contribution in [0.5, 0.6) is 5.75 Å². The number of benzene rings is 2. The van der Waals surface area contributed by atoms with Gasteiger partial charge in [-0.25, -0.2) is 0 Å². The smallest absolute Gasteiger partial charge is 0.416 e. The van der Waals surface area contributed by atoms with Crippen LogP contribution in [0.1, 0.15) is 23.6 Å². The van der Waals surface area contributed by atoms with Crippen LogP contribution in [0.3, 0.4) is 0 Å². The first kappa shape index (κ1) is 23.8. The van der Waals surface area contributed by atoms with Crippen molar-refractivity contribution in [2.45, 2.75) is 19.7 Å². The predicted molar refractivity (Wildman–Crippen MR) is 111 cm³/mol. The average Bonchev–Trinajstić information content (AvgIpc) is 2.75. The van der Waals surface area contributed by atoms with Gasteiger partial charge in [0.1, 0.15) is 19.0 Å². The second kappa shape index (κ2) is 11.6. The van der Waals surface area contributed by atoms with Crippen LogP contribution in [0.25, 0.3) is 0 Å². The summed E-state index contributed by atoms with van der Waals surface area (Å²) >= 11 is 0. The standard InChI is InChI=1S/C20H23F3N6O2/c1-14(28-31-12-15-2-6-17(7-3-15)20(21,22)23)16-4-8-18(9-5-16)30-13-19(25)27-29-26-11-10-24/h2-9H,10-13,24H2,1H3,(H2,25,26,27)/b28-14+. The Labute approximate surface area is 177 Å². The predicted octanol–water partition coefficient (Wildman–Crippen LogP) is 3.71. The van der Waals surface area contributed by atoms with Gasteiger partial charge in [0.15, 0.2) is 5.84 Å². The lowest BCUT2D eigenvalue weighted by atomic mass is 10.1. The largest absolute Gasteiger partial charge is 0.486 e. The van der Waals surface area contributed by atoms with Crippen LogP contribution in [0, 0.1) is 0 Å². The van der Waals surface area contributed by atoms with Crippen LogP contribution in [-0.4, -0.2) is 31.2 Å². The third-order valence-corrected chi connectivity index (χ3v) is 3.84. The minimum Gasteiger partial charge on any atom is -0.486 e. The molecule has 166 valence electrons. The minimum absolute atomic E-state index is 0.0459. The van der Waals surface area contributed by atoms with E-state index in [1.54, 1.807) is 31.2 Å². The molecular formula is C20H23F3N6O2. The Bertz CT molecular complexity index is 910. The maximum absolute atomic E-state index is 12.6. The van der Waals surface area contributed by atoms with E-state index in [2.05, 4.69) is 20.6 Å². The lowest BCUT2D eigenvalue weighted by molar-refractivity contribution is -0.137. The summed E-state index contributed by atoms with van der Waals surface area (Å²) in [5, 5.41) is 14.9. The Kier molecular flexibility index (Phi) is 8.94. The van der Waals surface area contributed by atoms with Crippen molar-refractivity contribution < 1.29 is 22.7 Å². The van der Waals surface area contributed by atoms with Crippen molar-refractivity contribution in [3.05, 3.63) is 65.2 Å². The average molecular weight is 436 g/mol. The van der Waals surface area contributed by atoms with Gasteiger partial charge < -0.3 is 21.0 Å². The van der Waals surface area contributed by atoms with Gasteiger partial charge in [-0.15, -0.1) is 5.10 Å². The molecule has 0 fully saturated rings. The maximum atomic E-state index is 12.6. The number of ether oxygens (including phenoxy) is 1. The zero-order valence-corrected chi connectivity index (χ0v) is 16.8. The summed E-state index contributed by atoms with van der Waals surface area (Å²) in [5.41, 5.74) is 12.2. The maximum Gasteiger partial charge on any atom is 0.416 e. The van der Waals surface area contributed by atoms with Gasteiger partial charge in [0.25, 0.3) is 0 Å². The van der Waals surface area contributed by atoms with Gasteiger partial charge in [-0.1, -0.05) is 17.3 Å². The van der Waals surface area contributed by atoms with Crippen molar-refractivity contribution in [2.75, 3.05) is 19.7 Å². The molecule has 0 atom stereocenters. The molecule has 0 bridgehead atoms. The highest BCUT2D eigenvalue weighted by atomic mass is 19.4. The normalized spacial score (nSPS) is 12.9. The van der Waals surface area contributed by atoms with E-state index in [-0.39, 0.29) is 19.0 Å². The van der Waals surface area contributed by atoms with Gasteiger partial charge in [0.05, 0.1) is 17.8 Å². The number of nitrogens with two attached hydrogens (primary N) is 2. The molecule has 0 radical (unpaired) electrons. The number of rotatable bonds is 10. The zero-order chi connectivity index (χ0) is 22.7. The van der Waals surface area contributed by atoms with Crippen molar-refractivity contribution in [2.24, 2.45) is 32.1 Å². The molecule has 0 aliphatic heterocycles. The van der Waals surface area contributed by atoms with Gasteiger partial charge in [0, 0.05) is 6.54 Å². The van der Waals surface area contributed by atoms with E-state index in [0.29, 0.717) is 30.1 Å². The second-order valence-electron chi connectivity index (χ2n) is 6.29. The third kappa shape index (κ3) is 8.42. The Morgan fingerprint density at radius 3 is 2.32 bits per heavy atom. The Morgan fingerprint density at radius 1 is 1.03 bits per heavy atom. The van der Waals surface area contributed by atoms with Crippen LogP contribution in [0.2, 0.25) is 0 Å². The summed E-state index contributed by atoms with van der Waals surface area (Å²) in [6, 6.07) is 11.8. The Morgan fingerprint density at radius 2 is 1.71 bits per heavy atom. The molecule has 0 saturated heterocycles. The molecule has 2 aromatic rings. The molecule has 2 rings (SSSR count). The molecule has 0 aromatic heterocycles. The number of alkyl halides is 3. The molecule has 0 aliphatic rings. The van der Waals surface area contributed by atoms with E-state index in [1.165, 1.54) is 12.1 Å². The fourth-order valence-corrected chi connectivity index (χ4v) is 2.22. The molecule has 8 nitrogen and oxygen atoms in total. The number of halogens is 3. The van der Waals surface area contributed by atoms with Crippen LogP contribution in [0.15, 0.2) is 69.1 Å². The Balaban J connectivity index is 1.84. The van der Waals surface area contributed by atoms with Gasteiger partial charge in [-0.3, -0.25) is 0 Å². The fraction of sp³-hybridized carbons (Fsp3) is 0.300. The molecule has 0 unspecified atom stereocenters. The molecule has 31 heavy (non-hydrogen) atoms. The molecule has 0 heterocycles. The SMILES string of the molecule is C/C(=N\OCc1ccc(C(F)(F)F)cc1)c1ccc(OCC(N)=NN=NCCN)cc1. The van der Waals surface area contributed by atoms with Gasteiger partial charge in [0.2, 0.25) is 0 Å². The summed E-state index contributed by atoms with van der Waals surface area (Å²) in [6.45, 7) is 2.60. The molecule has 11 heteroatoms. The number of amidine groups is 1. The number of nitrogens with zero attached hydrogens (tertiary/aromatic N) is 4.